The van der Waals surface area contributed by atoms with E-state index in [0.717, 1.165) is 17.5 Å². The van der Waals surface area contributed by atoms with Crippen molar-refractivity contribution in [2.75, 3.05) is 0 Å². The van der Waals surface area contributed by atoms with Gasteiger partial charge in [0.25, 0.3) is 0 Å². The topological polar surface area (TPSA) is 35.5 Å². The fourth-order valence-electron chi connectivity index (χ4n) is 2.12. The summed E-state index contributed by atoms with van der Waals surface area (Å²) in [5, 5.41) is 0. The Balaban J connectivity index is 1.85. The summed E-state index contributed by atoms with van der Waals surface area (Å²) in [5.41, 5.74) is 2.04. The first-order valence-electron chi connectivity index (χ1n) is 7.65. The molecule has 3 nitrogen and oxygen atoms in total. The summed E-state index contributed by atoms with van der Waals surface area (Å²) in [6, 6.07) is 19.5. The molecule has 1 atom stereocenters. The molecule has 0 aliphatic carbocycles. The van der Waals surface area contributed by atoms with Crippen molar-refractivity contribution in [2.24, 2.45) is 0 Å². The van der Waals surface area contributed by atoms with Crippen molar-refractivity contribution < 1.29 is 14.3 Å². The van der Waals surface area contributed by atoms with Gasteiger partial charge in [-0.25, -0.2) is 4.79 Å². The van der Waals surface area contributed by atoms with Gasteiger partial charge in [0.05, 0.1) is 6.61 Å². The average Bonchev–Trinajstić information content (AvgIpc) is 2.58. The first-order valence-corrected chi connectivity index (χ1v) is 7.65. The van der Waals surface area contributed by atoms with Crippen molar-refractivity contribution in [2.45, 2.75) is 39.1 Å². The highest BCUT2D eigenvalue weighted by atomic mass is 16.6. The lowest BCUT2D eigenvalue weighted by molar-refractivity contribution is -0.160. The first-order chi connectivity index (χ1) is 10.8. The van der Waals surface area contributed by atoms with Crippen LogP contribution in [-0.2, 0) is 27.5 Å². The highest BCUT2D eigenvalue weighted by Gasteiger charge is 2.20. The predicted molar refractivity (Wildman–Crippen MR) is 86.2 cm³/mol. The third kappa shape index (κ3) is 5.34. The lowest BCUT2D eigenvalue weighted by atomic mass is 10.2. The van der Waals surface area contributed by atoms with Gasteiger partial charge in [-0.2, -0.15) is 0 Å². The van der Waals surface area contributed by atoms with Crippen LogP contribution in [0.15, 0.2) is 60.7 Å². The number of benzene rings is 2. The molecule has 0 saturated carbocycles. The molecule has 0 heterocycles. The minimum Gasteiger partial charge on any atom is -0.459 e. The molecule has 2 rings (SSSR count). The number of esters is 1. The summed E-state index contributed by atoms with van der Waals surface area (Å²) in [6.07, 6.45) is 1.04. The molecule has 3 heteroatoms. The van der Waals surface area contributed by atoms with Crippen LogP contribution in [-0.4, -0.2) is 12.1 Å². The van der Waals surface area contributed by atoms with Gasteiger partial charge in [0.1, 0.15) is 6.61 Å². The van der Waals surface area contributed by atoms with Crippen LogP contribution in [0.1, 0.15) is 30.9 Å². The molecule has 22 heavy (non-hydrogen) atoms. The third-order valence-corrected chi connectivity index (χ3v) is 3.33. The lowest BCUT2D eigenvalue weighted by Crippen LogP contribution is -2.26. The van der Waals surface area contributed by atoms with Crippen molar-refractivity contribution in [1.82, 2.24) is 0 Å². The maximum atomic E-state index is 12.2. The molecule has 0 aliphatic heterocycles. The van der Waals surface area contributed by atoms with E-state index in [1.165, 1.54) is 0 Å². The Morgan fingerprint density at radius 2 is 1.45 bits per heavy atom. The summed E-state index contributed by atoms with van der Waals surface area (Å²) >= 11 is 0. The van der Waals surface area contributed by atoms with Crippen LogP contribution in [0.5, 0.6) is 0 Å². The number of hydrogen-bond donors (Lipinski definition) is 0. The Morgan fingerprint density at radius 3 is 2.00 bits per heavy atom. The zero-order valence-electron chi connectivity index (χ0n) is 12.9. The van der Waals surface area contributed by atoms with Crippen LogP contribution in [0, 0.1) is 0 Å². The molecule has 2 aromatic carbocycles. The SMILES string of the molecule is CCCC(OCc1ccccc1)C(=O)OCc1ccccc1. The monoisotopic (exact) mass is 298 g/mol. The largest absolute Gasteiger partial charge is 0.459 e. The van der Waals surface area contributed by atoms with E-state index in [0.29, 0.717) is 13.0 Å². The van der Waals surface area contributed by atoms with Gasteiger partial charge in [-0.1, -0.05) is 74.0 Å². The van der Waals surface area contributed by atoms with Gasteiger partial charge in [-0.15, -0.1) is 0 Å². The third-order valence-electron chi connectivity index (χ3n) is 3.33. The quantitative estimate of drug-likeness (QED) is 0.688. The first kappa shape index (κ1) is 16.2. The Morgan fingerprint density at radius 1 is 0.909 bits per heavy atom. The summed E-state index contributed by atoms with van der Waals surface area (Å²) in [4.78, 5) is 12.2. The predicted octanol–water partition coefficient (Wildman–Crippen LogP) is 4.12. The molecule has 0 aliphatic rings. The van der Waals surface area contributed by atoms with E-state index in [9.17, 15) is 4.79 Å². The molecule has 2 aromatic rings. The van der Waals surface area contributed by atoms with Gasteiger partial charge >= 0.3 is 5.97 Å². The van der Waals surface area contributed by atoms with Gasteiger partial charge in [0, 0.05) is 0 Å². The lowest BCUT2D eigenvalue weighted by Gasteiger charge is -2.16. The van der Waals surface area contributed by atoms with E-state index >= 15 is 0 Å². The van der Waals surface area contributed by atoms with Gasteiger partial charge in [0.15, 0.2) is 6.10 Å². The van der Waals surface area contributed by atoms with Crippen LogP contribution >= 0.6 is 0 Å². The highest BCUT2D eigenvalue weighted by molar-refractivity contribution is 5.74. The van der Waals surface area contributed by atoms with E-state index in [-0.39, 0.29) is 12.6 Å². The van der Waals surface area contributed by atoms with E-state index in [1.807, 2.05) is 67.6 Å². The molecule has 0 aromatic heterocycles. The number of carbonyl (C=O) groups excluding carboxylic acids is 1. The smallest absolute Gasteiger partial charge is 0.335 e. The molecule has 0 saturated heterocycles. The Hall–Kier alpha value is -2.13. The molecule has 116 valence electrons. The van der Waals surface area contributed by atoms with Crippen molar-refractivity contribution in [1.29, 1.82) is 0 Å². The van der Waals surface area contributed by atoms with Gasteiger partial charge < -0.3 is 9.47 Å². The number of carbonyl (C=O) groups is 1. The summed E-state index contributed by atoms with van der Waals surface area (Å²) < 4.78 is 11.1. The molecule has 0 N–H and O–H groups in total. The molecule has 0 bridgehead atoms. The Labute approximate surface area is 131 Å². The van der Waals surface area contributed by atoms with Gasteiger partial charge in [-0.3, -0.25) is 0 Å². The molecule has 1 unspecified atom stereocenters. The fraction of sp³-hybridized carbons (Fsp3) is 0.316. The summed E-state index contributed by atoms with van der Waals surface area (Å²) in [7, 11) is 0. The van der Waals surface area contributed by atoms with Crippen LogP contribution in [0.3, 0.4) is 0 Å². The summed E-state index contributed by atoms with van der Waals surface area (Å²) in [5.74, 6) is -0.290. The van der Waals surface area contributed by atoms with E-state index in [4.69, 9.17) is 9.47 Å². The second-order valence-corrected chi connectivity index (χ2v) is 5.17. The normalized spacial score (nSPS) is 11.9. The van der Waals surface area contributed by atoms with Crippen LogP contribution < -0.4 is 0 Å². The minimum absolute atomic E-state index is 0.286. The highest BCUT2D eigenvalue weighted by Crippen LogP contribution is 2.11. The second kappa shape index (κ2) is 9.00. The molecule has 0 fully saturated rings. The molecule has 0 spiro atoms. The number of rotatable bonds is 8. The van der Waals surface area contributed by atoms with Crippen LogP contribution in [0.2, 0.25) is 0 Å². The van der Waals surface area contributed by atoms with E-state index in [2.05, 4.69) is 0 Å². The van der Waals surface area contributed by atoms with Crippen molar-refractivity contribution in [3.05, 3.63) is 71.8 Å². The van der Waals surface area contributed by atoms with Crippen LogP contribution in [0.4, 0.5) is 0 Å². The fourth-order valence-corrected chi connectivity index (χ4v) is 2.12. The van der Waals surface area contributed by atoms with E-state index in [1.54, 1.807) is 0 Å². The zero-order chi connectivity index (χ0) is 15.6. The van der Waals surface area contributed by atoms with Crippen LogP contribution in [0.25, 0.3) is 0 Å². The standard InChI is InChI=1S/C19H22O3/c1-2-9-18(21-14-16-10-5-3-6-11-16)19(20)22-15-17-12-7-4-8-13-17/h3-8,10-13,18H,2,9,14-15H2,1H3. The number of ether oxygens (including phenoxy) is 2. The van der Waals surface area contributed by atoms with Gasteiger partial charge in [-0.05, 0) is 17.5 Å². The molecular formula is C19H22O3. The molecule has 0 amide bonds. The second-order valence-electron chi connectivity index (χ2n) is 5.17. The minimum atomic E-state index is -0.506. The Bertz CT molecular complexity index is 551. The number of hydrogen-bond acceptors (Lipinski definition) is 3. The van der Waals surface area contributed by atoms with Crippen molar-refractivity contribution >= 4 is 5.97 Å². The molecule has 0 radical (unpaired) electrons. The average molecular weight is 298 g/mol. The summed E-state index contributed by atoms with van der Waals surface area (Å²) in [6.45, 7) is 2.74. The maximum absolute atomic E-state index is 12.2. The zero-order valence-corrected chi connectivity index (χ0v) is 12.9. The van der Waals surface area contributed by atoms with E-state index < -0.39 is 6.10 Å². The van der Waals surface area contributed by atoms with Crippen molar-refractivity contribution in [3.63, 3.8) is 0 Å². The van der Waals surface area contributed by atoms with Gasteiger partial charge in [0.2, 0.25) is 0 Å². The van der Waals surface area contributed by atoms with Crippen molar-refractivity contribution in [3.8, 4) is 0 Å². The molecular weight excluding hydrogens is 276 g/mol. The Kier molecular flexibility index (Phi) is 6.65. The maximum Gasteiger partial charge on any atom is 0.335 e.